The minimum Gasteiger partial charge on any atom is -0.376 e. The largest absolute Gasteiger partial charge is 0.376 e. The van der Waals surface area contributed by atoms with Crippen molar-refractivity contribution in [2.45, 2.75) is 39.0 Å². The minimum absolute atomic E-state index is 0.0634. The third-order valence-corrected chi connectivity index (χ3v) is 5.78. The molecule has 2 saturated heterocycles. The first-order chi connectivity index (χ1) is 14.1. The zero-order valence-corrected chi connectivity index (χ0v) is 16.9. The molecule has 2 aromatic heterocycles. The van der Waals surface area contributed by atoms with Gasteiger partial charge in [0.15, 0.2) is 0 Å². The molecular weight excluding hydrogens is 368 g/mol. The average Bonchev–Trinajstić information content (AvgIpc) is 3.25. The van der Waals surface area contributed by atoms with E-state index in [1.807, 2.05) is 31.2 Å². The Labute approximate surface area is 170 Å². The summed E-state index contributed by atoms with van der Waals surface area (Å²) >= 11 is 0. The van der Waals surface area contributed by atoms with E-state index in [0.29, 0.717) is 25.2 Å². The Bertz CT molecular complexity index is 898. The quantitative estimate of drug-likeness (QED) is 0.769. The van der Waals surface area contributed by atoms with Gasteiger partial charge in [0.1, 0.15) is 5.56 Å². The second-order valence-corrected chi connectivity index (χ2v) is 7.86. The van der Waals surface area contributed by atoms with E-state index in [4.69, 9.17) is 4.74 Å². The van der Waals surface area contributed by atoms with Crippen LogP contribution in [0, 0.1) is 6.92 Å². The lowest BCUT2D eigenvalue weighted by atomic mass is 10.1. The van der Waals surface area contributed by atoms with Crippen molar-refractivity contribution in [1.29, 1.82) is 0 Å². The monoisotopic (exact) mass is 396 g/mol. The summed E-state index contributed by atoms with van der Waals surface area (Å²) in [4.78, 5) is 34.6. The highest BCUT2D eigenvalue weighted by molar-refractivity contribution is 5.95. The molecule has 0 spiro atoms. The maximum Gasteiger partial charge on any atom is 0.263 e. The predicted octanol–water partition coefficient (Wildman–Crippen LogP) is 1.69. The zero-order chi connectivity index (χ0) is 20.2. The standard InChI is InChI=1S/C22H28N4O3/c1-17-7-9-26(16-19-6-4-14-29-19)22(28)20(17)21(27)25-12-10-24(11-13-25)15-18-5-2-3-8-23-18/h2-3,5,7-9,19H,4,6,10-16H2,1H3. The molecule has 0 aromatic carbocycles. The molecular formula is C22H28N4O3. The van der Waals surface area contributed by atoms with Gasteiger partial charge in [0, 0.05) is 51.7 Å². The molecule has 0 N–H and O–H groups in total. The minimum atomic E-state index is -0.207. The van der Waals surface area contributed by atoms with Crippen LogP contribution in [0.15, 0.2) is 41.5 Å². The van der Waals surface area contributed by atoms with E-state index >= 15 is 0 Å². The summed E-state index contributed by atoms with van der Waals surface area (Å²) in [5.74, 6) is -0.160. The predicted molar refractivity (Wildman–Crippen MR) is 110 cm³/mol. The van der Waals surface area contributed by atoms with Crippen LogP contribution in [-0.2, 0) is 17.8 Å². The Morgan fingerprint density at radius 3 is 2.72 bits per heavy atom. The lowest BCUT2D eigenvalue weighted by Gasteiger charge is -2.34. The molecule has 2 aliphatic rings. The summed E-state index contributed by atoms with van der Waals surface area (Å²) in [5, 5.41) is 0. The van der Waals surface area contributed by atoms with Crippen LogP contribution >= 0.6 is 0 Å². The zero-order valence-electron chi connectivity index (χ0n) is 16.9. The Kier molecular flexibility index (Phi) is 6.06. The molecule has 1 unspecified atom stereocenters. The highest BCUT2D eigenvalue weighted by atomic mass is 16.5. The van der Waals surface area contributed by atoms with Gasteiger partial charge in [-0.1, -0.05) is 6.07 Å². The number of amides is 1. The van der Waals surface area contributed by atoms with Gasteiger partial charge < -0.3 is 14.2 Å². The summed E-state index contributed by atoms with van der Waals surface area (Å²) < 4.78 is 7.29. The smallest absolute Gasteiger partial charge is 0.263 e. The maximum atomic E-state index is 13.1. The highest BCUT2D eigenvalue weighted by Crippen LogP contribution is 2.15. The summed E-state index contributed by atoms with van der Waals surface area (Å²) in [7, 11) is 0. The van der Waals surface area contributed by atoms with Crippen molar-refractivity contribution < 1.29 is 9.53 Å². The van der Waals surface area contributed by atoms with Crippen LogP contribution in [0.3, 0.4) is 0 Å². The fraction of sp³-hybridized carbons (Fsp3) is 0.500. The number of rotatable bonds is 5. The molecule has 29 heavy (non-hydrogen) atoms. The fourth-order valence-electron chi connectivity index (χ4n) is 4.06. The van der Waals surface area contributed by atoms with Crippen LogP contribution < -0.4 is 5.56 Å². The van der Waals surface area contributed by atoms with Gasteiger partial charge in [-0.05, 0) is 43.5 Å². The molecule has 0 bridgehead atoms. The first-order valence-electron chi connectivity index (χ1n) is 10.3. The van der Waals surface area contributed by atoms with Crippen molar-refractivity contribution in [3.05, 3.63) is 63.8 Å². The molecule has 4 rings (SSSR count). The van der Waals surface area contributed by atoms with Crippen molar-refractivity contribution in [2.75, 3.05) is 32.8 Å². The van der Waals surface area contributed by atoms with Crippen molar-refractivity contribution in [3.8, 4) is 0 Å². The van der Waals surface area contributed by atoms with Gasteiger partial charge in [0.05, 0.1) is 18.3 Å². The molecule has 0 saturated carbocycles. The molecule has 2 aliphatic heterocycles. The SMILES string of the molecule is Cc1ccn(CC2CCCO2)c(=O)c1C(=O)N1CCN(Cc2ccccn2)CC1. The van der Waals surface area contributed by atoms with E-state index < -0.39 is 0 Å². The van der Waals surface area contributed by atoms with Gasteiger partial charge >= 0.3 is 0 Å². The normalized spacial score (nSPS) is 20.2. The fourth-order valence-corrected chi connectivity index (χ4v) is 4.06. The second kappa shape index (κ2) is 8.88. The van der Waals surface area contributed by atoms with E-state index in [1.54, 1.807) is 21.9 Å². The van der Waals surface area contributed by atoms with Crippen molar-refractivity contribution in [3.63, 3.8) is 0 Å². The van der Waals surface area contributed by atoms with Crippen molar-refractivity contribution in [1.82, 2.24) is 19.4 Å². The molecule has 2 aromatic rings. The van der Waals surface area contributed by atoms with Gasteiger partial charge in [-0.15, -0.1) is 0 Å². The van der Waals surface area contributed by atoms with Gasteiger partial charge in [-0.25, -0.2) is 0 Å². The first-order valence-corrected chi connectivity index (χ1v) is 10.3. The van der Waals surface area contributed by atoms with Crippen LogP contribution in [-0.4, -0.2) is 64.1 Å². The van der Waals surface area contributed by atoms with E-state index in [9.17, 15) is 9.59 Å². The molecule has 2 fully saturated rings. The number of hydrogen-bond acceptors (Lipinski definition) is 5. The molecule has 1 amide bonds. The van der Waals surface area contributed by atoms with Gasteiger partial charge in [0.25, 0.3) is 11.5 Å². The van der Waals surface area contributed by atoms with E-state index in [2.05, 4.69) is 9.88 Å². The maximum absolute atomic E-state index is 13.1. The molecule has 7 heteroatoms. The van der Waals surface area contributed by atoms with Crippen LogP contribution in [0.5, 0.6) is 0 Å². The summed E-state index contributed by atoms with van der Waals surface area (Å²) in [6, 6.07) is 7.78. The lowest BCUT2D eigenvalue weighted by molar-refractivity contribution is 0.0622. The second-order valence-electron chi connectivity index (χ2n) is 7.86. The number of aromatic nitrogens is 2. The molecule has 0 radical (unpaired) electrons. The molecule has 1 atom stereocenters. The molecule has 7 nitrogen and oxygen atoms in total. The number of nitrogens with zero attached hydrogens (tertiary/aromatic N) is 4. The third-order valence-electron chi connectivity index (χ3n) is 5.78. The topological polar surface area (TPSA) is 67.7 Å². The summed E-state index contributed by atoms with van der Waals surface area (Å²) in [6.45, 7) is 6.66. The van der Waals surface area contributed by atoms with Gasteiger partial charge in [-0.2, -0.15) is 0 Å². The number of aryl methyl sites for hydroxylation is 1. The average molecular weight is 396 g/mol. The van der Waals surface area contributed by atoms with E-state index in [1.165, 1.54) is 0 Å². The number of hydrogen-bond donors (Lipinski definition) is 0. The van der Waals surface area contributed by atoms with Gasteiger partial charge in [0.2, 0.25) is 0 Å². The van der Waals surface area contributed by atoms with Crippen molar-refractivity contribution in [2.24, 2.45) is 0 Å². The van der Waals surface area contributed by atoms with E-state index in [0.717, 1.165) is 50.3 Å². The highest BCUT2D eigenvalue weighted by Gasteiger charge is 2.26. The molecule has 0 aliphatic carbocycles. The molecule has 4 heterocycles. The summed E-state index contributed by atoms with van der Waals surface area (Å²) in [6.07, 6.45) is 5.63. The Balaban J connectivity index is 1.42. The number of pyridine rings is 2. The number of carbonyl (C=O) groups excluding carboxylic acids is 1. The lowest BCUT2D eigenvalue weighted by Crippen LogP contribution is -2.49. The number of ether oxygens (including phenoxy) is 1. The third kappa shape index (κ3) is 4.57. The Hall–Kier alpha value is -2.51. The summed E-state index contributed by atoms with van der Waals surface area (Å²) in [5.41, 5.74) is 1.85. The first kappa shape index (κ1) is 19.8. The van der Waals surface area contributed by atoms with E-state index in [-0.39, 0.29) is 17.6 Å². The van der Waals surface area contributed by atoms with Crippen LogP contribution in [0.4, 0.5) is 0 Å². The Morgan fingerprint density at radius 1 is 1.21 bits per heavy atom. The Morgan fingerprint density at radius 2 is 2.03 bits per heavy atom. The van der Waals surface area contributed by atoms with Crippen molar-refractivity contribution >= 4 is 5.91 Å². The van der Waals surface area contributed by atoms with Crippen LogP contribution in [0.2, 0.25) is 0 Å². The number of piperazine rings is 1. The number of carbonyl (C=O) groups is 1. The van der Waals surface area contributed by atoms with Crippen LogP contribution in [0.25, 0.3) is 0 Å². The van der Waals surface area contributed by atoms with Crippen LogP contribution in [0.1, 0.15) is 34.5 Å². The van der Waals surface area contributed by atoms with Gasteiger partial charge in [-0.3, -0.25) is 19.5 Å². The molecule has 154 valence electrons.